The molecule has 3 rings (SSSR count). The molecule has 1 fully saturated rings. The van der Waals surface area contributed by atoms with E-state index in [0.717, 1.165) is 40.9 Å². The van der Waals surface area contributed by atoms with Gasteiger partial charge in [0.1, 0.15) is 0 Å². The van der Waals surface area contributed by atoms with Gasteiger partial charge in [-0.15, -0.1) is 11.3 Å². The van der Waals surface area contributed by atoms with Crippen LogP contribution in [0.3, 0.4) is 0 Å². The second-order valence-corrected chi connectivity index (χ2v) is 8.84. The summed E-state index contributed by atoms with van der Waals surface area (Å²) in [5, 5.41) is 5.71. The average molecular weight is 418 g/mol. The number of benzene rings is 1. The quantitative estimate of drug-likeness (QED) is 0.700. The van der Waals surface area contributed by atoms with E-state index in [9.17, 15) is 14.4 Å². The zero-order valence-corrected chi connectivity index (χ0v) is 17.6. The van der Waals surface area contributed by atoms with E-state index in [1.165, 1.54) is 0 Å². The number of para-hydroxylation sites is 1. The molecule has 7 nitrogen and oxygen atoms in total. The van der Waals surface area contributed by atoms with Gasteiger partial charge in [0, 0.05) is 12.5 Å². The number of hydrogen-bond donors (Lipinski definition) is 2. The largest absolute Gasteiger partial charge is 0.455 e. The van der Waals surface area contributed by atoms with Crippen molar-refractivity contribution in [3.05, 3.63) is 29.3 Å². The third-order valence-corrected chi connectivity index (χ3v) is 6.13. The van der Waals surface area contributed by atoms with Gasteiger partial charge in [-0.2, -0.15) is 0 Å². The molecule has 0 spiro atoms. The third kappa shape index (κ3) is 5.76. The van der Waals surface area contributed by atoms with Crippen molar-refractivity contribution in [3.63, 3.8) is 0 Å². The van der Waals surface area contributed by atoms with Crippen molar-refractivity contribution in [2.45, 2.75) is 45.4 Å². The summed E-state index contributed by atoms with van der Waals surface area (Å²) in [5.74, 6) is -1.06. The molecule has 0 saturated heterocycles. The van der Waals surface area contributed by atoms with Gasteiger partial charge in [0.05, 0.1) is 21.1 Å². The Balaban J connectivity index is 1.57. The summed E-state index contributed by atoms with van der Waals surface area (Å²) in [6.07, 6.45) is 3.59. The Kier molecular flexibility index (Phi) is 7.19. The molecule has 29 heavy (non-hydrogen) atoms. The highest BCUT2D eigenvalue weighted by atomic mass is 32.1. The zero-order chi connectivity index (χ0) is 20.8. The van der Waals surface area contributed by atoms with Crippen LogP contribution in [-0.2, 0) is 14.3 Å². The molecule has 156 valence electrons. The first-order chi connectivity index (χ1) is 13.9. The van der Waals surface area contributed by atoms with Crippen LogP contribution in [0.1, 0.15) is 50.5 Å². The molecule has 8 heteroatoms. The van der Waals surface area contributed by atoms with Gasteiger partial charge < -0.3 is 10.1 Å². The number of urea groups is 1. The SMILES string of the molecule is CC(C)CNC(=O)NC(=O)COC(=O)[C@@H]1CCCC[C@H]1c1nc2ccccc2s1. The van der Waals surface area contributed by atoms with Crippen LogP contribution in [0.2, 0.25) is 0 Å². The predicted octanol–water partition coefficient (Wildman–Crippen LogP) is 3.60. The second-order valence-electron chi connectivity index (χ2n) is 7.78. The molecule has 0 bridgehead atoms. The van der Waals surface area contributed by atoms with Crippen LogP contribution in [0.15, 0.2) is 24.3 Å². The molecule has 1 aromatic heterocycles. The molecular formula is C21H27N3O4S. The summed E-state index contributed by atoms with van der Waals surface area (Å²) in [6, 6.07) is 7.35. The standard InChI is InChI=1S/C21H27N3O4S/c1-13(2)11-22-21(27)24-18(25)12-28-20(26)15-8-4-3-7-14(15)19-23-16-9-5-6-10-17(16)29-19/h5-6,9-10,13-15H,3-4,7-8,11-12H2,1-2H3,(H2,22,24,25,27)/t14-,15-/m1/s1. The Labute approximate surface area is 174 Å². The molecule has 1 heterocycles. The van der Waals surface area contributed by atoms with E-state index in [-0.39, 0.29) is 17.8 Å². The molecule has 2 atom stereocenters. The fourth-order valence-electron chi connectivity index (χ4n) is 3.50. The summed E-state index contributed by atoms with van der Waals surface area (Å²) in [4.78, 5) is 40.9. The summed E-state index contributed by atoms with van der Waals surface area (Å²) in [5.41, 5.74) is 0.942. The predicted molar refractivity (Wildman–Crippen MR) is 112 cm³/mol. The van der Waals surface area contributed by atoms with Crippen molar-refractivity contribution in [3.8, 4) is 0 Å². The number of fused-ring (bicyclic) bond motifs is 1. The van der Waals surface area contributed by atoms with Crippen molar-refractivity contribution < 1.29 is 19.1 Å². The van der Waals surface area contributed by atoms with Crippen molar-refractivity contribution in [1.29, 1.82) is 0 Å². The summed E-state index contributed by atoms with van der Waals surface area (Å²) in [6.45, 7) is 3.91. The van der Waals surface area contributed by atoms with Crippen LogP contribution in [0.5, 0.6) is 0 Å². The van der Waals surface area contributed by atoms with Crippen LogP contribution in [0.25, 0.3) is 10.2 Å². The normalized spacial score (nSPS) is 19.1. The minimum Gasteiger partial charge on any atom is -0.455 e. The van der Waals surface area contributed by atoms with E-state index in [4.69, 9.17) is 9.72 Å². The van der Waals surface area contributed by atoms with Crippen LogP contribution in [0, 0.1) is 11.8 Å². The average Bonchev–Trinajstić information content (AvgIpc) is 3.14. The van der Waals surface area contributed by atoms with Crippen LogP contribution in [-0.4, -0.2) is 36.0 Å². The maximum absolute atomic E-state index is 12.7. The van der Waals surface area contributed by atoms with Crippen LogP contribution >= 0.6 is 11.3 Å². The molecule has 3 amide bonds. The Morgan fingerprint density at radius 3 is 2.72 bits per heavy atom. The van der Waals surface area contributed by atoms with E-state index in [1.807, 2.05) is 38.1 Å². The Morgan fingerprint density at radius 2 is 1.97 bits per heavy atom. The smallest absolute Gasteiger partial charge is 0.321 e. The third-order valence-electron chi connectivity index (χ3n) is 4.97. The van der Waals surface area contributed by atoms with E-state index in [1.54, 1.807) is 11.3 Å². The molecule has 2 N–H and O–H groups in total. The molecule has 0 aliphatic heterocycles. The molecule has 1 aliphatic carbocycles. The number of hydrogen-bond acceptors (Lipinski definition) is 6. The van der Waals surface area contributed by atoms with Gasteiger partial charge in [-0.1, -0.05) is 38.8 Å². The first-order valence-corrected chi connectivity index (χ1v) is 10.9. The number of carbonyl (C=O) groups is 3. The lowest BCUT2D eigenvalue weighted by atomic mass is 9.79. The lowest BCUT2D eigenvalue weighted by Gasteiger charge is -2.28. The molecule has 0 unspecified atom stereocenters. The van der Waals surface area contributed by atoms with Gasteiger partial charge in [-0.3, -0.25) is 14.9 Å². The molecular weight excluding hydrogens is 390 g/mol. The lowest BCUT2D eigenvalue weighted by Crippen LogP contribution is -2.43. The number of aromatic nitrogens is 1. The number of carbonyl (C=O) groups excluding carboxylic acids is 3. The molecule has 2 aromatic rings. The van der Waals surface area contributed by atoms with E-state index in [2.05, 4.69) is 10.6 Å². The number of esters is 1. The van der Waals surface area contributed by atoms with Crippen molar-refractivity contribution in [2.24, 2.45) is 11.8 Å². The van der Waals surface area contributed by atoms with Gasteiger partial charge in [0.25, 0.3) is 5.91 Å². The van der Waals surface area contributed by atoms with Crippen molar-refractivity contribution in [2.75, 3.05) is 13.2 Å². The number of nitrogens with zero attached hydrogens (tertiary/aromatic N) is 1. The number of ether oxygens (including phenoxy) is 1. The fourth-order valence-corrected chi connectivity index (χ4v) is 4.67. The number of amides is 3. The van der Waals surface area contributed by atoms with Crippen LogP contribution in [0.4, 0.5) is 4.79 Å². The molecule has 1 aromatic carbocycles. The number of nitrogens with one attached hydrogen (secondary N) is 2. The fraction of sp³-hybridized carbons (Fsp3) is 0.524. The van der Waals surface area contributed by atoms with Gasteiger partial charge >= 0.3 is 12.0 Å². The minimum absolute atomic E-state index is 0.00560. The lowest BCUT2D eigenvalue weighted by molar-refractivity contribution is -0.154. The number of imide groups is 1. The Bertz CT molecular complexity index is 847. The highest BCUT2D eigenvalue weighted by Gasteiger charge is 2.35. The van der Waals surface area contributed by atoms with E-state index in [0.29, 0.717) is 6.54 Å². The maximum atomic E-state index is 12.7. The monoisotopic (exact) mass is 417 g/mol. The molecule has 1 saturated carbocycles. The second kappa shape index (κ2) is 9.82. The van der Waals surface area contributed by atoms with Gasteiger partial charge in [-0.25, -0.2) is 9.78 Å². The Hall–Kier alpha value is -2.48. The topological polar surface area (TPSA) is 97.4 Å². The van der Waals surface area contributed by atoms with Crippen molar-refractivity contribution >= 4 is 39.5 Å². The molecule has 0 radical (unpaired) electrons. The molecule has 1 aliphatic rings. The van der Waals surface area contributed by atoms with Gasteiger partial charge in [0.15, 0.2) is 6.61 Å². The maximum Gasteiger partial charge on any atom is 0.321 e. The highest BCUT2D eigenvalue weighted by Crippen LogP contribution is 2.41. The van der Waals surface area contributed by atoms with E-state index >= 15 is 0 Å². The first kappa shape index (κ1) is 21.2. The summed E-state index contributed by atoms with van der Waals surface area (Å²) in [7, 11) is 0. The minimum atomic E-state index is -0.632. The number of rotatable bonds is 6. The zero-order valence-electron chi connectivity index (χ0n) is 16.8. The van der Waals surface area contributed by atoms with Crippen molar-refractivity contribution in [1.82, 2.24) is 15.6 Å². The van der Waals surface area contributed by atoms with Crippen LogP contribution < -0.4 is 10.6 Å². The number of thiazole rings is 1. The van der Waals surface area contributed by atoms with E-state index < -0.39 is 24.5 Å². The first-order valence-electron chi connectivity index (χ1n) is 10.0. The Morgan fingerprint density at radius 1 is 1.21 bits per heavy atom. The highest BCUT2D eigenvalue weighted by molar-refractivity contribution is 7.18. The van der Waals surface area contributed by atoms with Gasteiger partial charge in [0.2, 0.25) is 0 Å². The summed E-state index contributed by atoms with van der Waals surface area (Å²) >= 11 is 1.61. The summed E-state index contributed by atoms with van der Waals surface area (Å²) < 4.78 is 6.35. The van der Waals surface area contributed by atoms with Gasteiger partial charge in [-0.05, 0) is 30.9 Å².